The first-order valence-corrected chi connectivity index (χ1v) is 9.62. The Bertz CT molecular complexity index is 1150. The van der Waals surface area contributed by atoms with Crippen molar-refractivity contribution in [1.29, 1.82) is 0 Å². The lowest BCUT2D eigenvalue weighted by Gasteiger charge is -2.09. The number of hydrogen-bond acceptors (Lipinski definition) is 4. The fourth-order valence-corrected chi connectivity index (χ4v) is 3.50. The van der Waals surface area contributed by atoms with Crippen LogP contribution in [-0.2, 0) is 0 Å². The van der Waals surface area contributed by atoms with Crippen molar-refractivity contribution in [2.75, 3.05) is 0 Å². The zero-order valence-corrected chi connectivity index (χ0v) is 16.8. The molecule has 1 aliphatic rings. The van der Waals surface area contributed by atoms with E-state index in [4.69, 9.17) is 0 Å². The number of aryl methyl sites for hydroxylation is 1. The van der Waals surface area contributed by atoms with Gasteiger partial charge in [-0.15, -0.1) is 0 Å². The first kappa shape index (κ1) is 19.8. The molecule has 3 aromatic rings. The molecule has 1 aliphatic carbocycles. The van der Waals surface area contributed by atoms with E-state index in [1.165, 1.54) is 17.0 Å². The Morgan fingerprint density at radius 3 is 2.67 bits per heavy atom. The van der Waals surface area contributed by atoms with Gasteiger partial charge in [0.15, 0.2) is 17.5 Å². The molecule has 4 rings (SSSR count). The molecule has 2 aromatic heterocycles. The van der Waals surface area contributed by atoms with Gasteiger partial charge < -0.3 is 4.57 Å². The topological polar surface area (TPSA) is 56.0 Å². The molecule has 0 spiro atoms. The molecular weight excluding hydrogens is 384 g/mol. The second-order valence-corrected chi connectivity index (χ2v) is 7.33. The van der Waals surface area contributed by atoms with Crippen LogP contribution in [0.3, 0.4) is 0 Å². The van der Waals surface area contributed by atoms with Gasteiger partial charge in [-0.05, 0) is 61.4 Å². The molecular formula is C23H21F2N5. The average Bonchev–Trinajstić information content (AvgIpc) is 3.43. The maximum atomic E-state index is 14.4. The van der Waals surface area contributed by atoms with Gasteiger partial charge in [-0.1, -0.05) is 12.7 Å². The Morgan fingerprint density at radius 2 is 2.00 bits per heavy atom. The van der Waals surface area contributed by atoms with Gasteiger partial charge in [0.25, 0.3) is 0 Å². The minimum absolute atomic E-state index is 0.0798. The van der Waals surface area contributed by atoms with Crippen LogP contribution < -0.4 is 0 Å². The highest BCUT2D eigenvalue weighted by Crippen LogP contribution is 2.52. The Kier molecular flexibility index (Phi) is 5.35. The number of rotatable bonds is 6. The van der Waals surface area contributed by atoms with Crippen molar-refractivity contribution in [2.24, 2.45) is 10.9 Å². The summed E-state index contributed by atoms with van der Waals surface area (Å²) in [4.78, 5) is 16.9. The van der Waals surface area contributed by atoms with E-state index in [9.17, 15) is 8.78 Å². The molecule has 2 atom stereocenters. The zero-order chi connectivity index (χ0) is 21.3. The van der Waals surface area contributed by atoms with Crippen LogP contribution in [0.5, 0.6) is 0 Å². The molecule has 0 radical (unpaired) electrons. The average molecular weight is 405 g/mol. The largest absolute Gasteiger partial charge is 0.303 e. The van der Waals surface area contributed by atoms with Crippen molar-refractivity contribution >= 4 is 5.71 Å². The van der Waals surface area contributed by atoms with Crippen LogP contribution in [0.4, 0.5) is 8.78 Å². The molecule has 1 fully saturated rings. The highest BCUT2D eigenvalue weighted by atomic mass is 19.2. The first-order chi connectivity index (χ1) is 14.5. The Hall–Kier alpha value is -3.48. The smallest absolute Gasteiger partial charge is 0.182 e. The molecule has 152 valence electrons. The van der Waals surface area contributed by atoms with Crippen molar-refractivity contribution in [1.82, 2.24) is 19.5 Å². The molecule has 0 N–H and O–H groups in total. The highest BCUT2D eigenvalue weighted by Gasteiger charge is 2.40. The summed E-state index contributed by atoms with van der Waals surface area (Å²) in [6, 6.07) is 4.72. The van der Waals surface area contributed by atoms with Crippen LogP contribution in [0.15, 0.2) is 72.5 Å². The molecule has 7 heteroatoms. The molecule has 30 heavy (non-hydrogen) atoms. The molecule has 0 aliphatic heterocycles. The molecule has 0 saturated heterocycles. The molecule has 0 bridgehead atoms. The summed E-state index contributed by atoms with van der Waals surface area (Å²) < 4.78 is 30.2. The number of halogens is 2. The lowest BCUT2D eigenvalue weighted by atomic mass is 10.0. The predicted octanol–water partition coefficient (Wildman–Crippen LogP) is 4.93. The maximum Gasteiger partial charge on any atom is 0.182 e. The van der Waals surface area contributed by atoms with Gasteiger partial charge in [0.2, 0.25) is 0 Å². The fourth-order valence-electron chi connectivity index (χ4n) is 3.50. The Labute approximate surface area is 173 Å². The second kappa shape index (κ2) is 8.10. The van der Waals surface area contributed by atoms with E-state index in [1.807, 2.05) is 6.92 Å². The minimum atomic E-state index is -0.879. The SMILES string of the molecule is C=C/C(=C\N=C(/C)c1ncccn1)C1CC1c1cc(F)c(F)c(-n2cnc(C)c2)c1. The highest BCUT2D eigenvalue weighted by molar-refractivity contribution is 5.95. The number of hydrogen-bond donors (Lipinski definition) is 0. The standard InChI is InChI=1S/C23H21F2N5/c1-4-16(11-28-15(3)23-26-6-5-7-27-23)18-10-19(18)17-8-20(24)22(25)21(9-17)30-12-14(2)29-13-30/h4-9,11-13,18-19H,1,10H2,2-3H3/b16-11+,28-15+. The lowest BCUT2D eigenvalue weighted by Crippen LogP contribution is -2.01. The number of nitrogens with zero attached hydrogens (tertiary/aromatic N) is 5. The summed E-state index contributed by atoms with van der Waals surface area (Å²) in [7, 11) is 0. The third-order valence-electron chi connectivity index (χ3n) is 5.20. The van der Waals surface area contributed by atoms with Gasteiger partial charge in [-0.25, -0.2) is 23.7 Å². The van der Waals surface area contributed by atoms with Gasteiger partial charge >= 0.3 is 0 Å². The van der Waals surface area contributed by atoms with Crippen LogP contribution in [0.25, 0.3) is 5.69 Å². The van der Waals surface area contributed by atoms with Crippen LogP contribution in [0.2, 0.25) is 0 Å². The fraction of sp³-hybridized carbons (Fsp3) is 0.217. The third-order valence-corrected chi connectivity index (χ3v) is 5.20. The number of aromatic nitrogens is 4. The van der Waals surface area contributed by atoms with E-state index in [0.717, 1.165) is 23.3 Å². The van der Waals surface area contributed by atoms with E-state index in [0.29, 0.717) is 11.5 Å². The van der Waals surface area contributed by atoms with E-state index in [-0.39, 0.29) is 17.5 Å². The van der Waals surface area contributed by atoms with Crippen LogP contribution in [0.1, 0.15) is 36.3 Å². The summed E-state index contributed by atoms with van der Waals surface area (Å²) >= 11 is 0. The Balaban J connectivity index is 1.59. The van der Waals surface area contributed by atoms with Gasteiger partial charge in [0.1, 0.15) is 0 Å². The van der Waals surface area contributed by atoms with E-state index >= 15 is 0 Å². The number of benzene rings is 1. The second-order valence-electron chi connectivity index (χ2n) is 7.33. The molecule has 1 saturated carbocycles. The van der Waals surface area contributed by atoms with E-state index in [2.05, 4.69) is 26.5 Å². The minimum Gasteiger partial charge on any atom is -0.303 e. The number of imidazole rings is 1. The quantitative estimate of drug-likeness (QED) is 0.432. The lowest BCUT2D eigenvalue weighted by molar-refractivity contribution is 0.502. The summed E-state index contributed by atoms with van der Waals surface area (Å²) in [6.07, 6.45) is 10.8. The van der Waals surface area contributed by atoms with E-state index in [1.54, 1.807) is 49.9 Å². The van der Waals surface area contributed by atoms with Gasteiger partial charge in [-0.2, -0.15) is 0 Å². The van der Waals surface area contributed by atoms with Crippen molar-refractivity contribution < 1.29 is 8.78 Å². The molecule has 2 heterocycles. The zero-order valence-electron chi connectivity index (χ0n) is 16.8. The first-order valence-electron chi connectivity index (χ1n) is 9.62. The third kappa shape index (κ3) is 3.96. The number of aliphatic imine (C=N–C) groups is 1. The van der Waals surface area contributed by atoms with Crippen LogP contribution in [0, 0.1) is 24.5 Å². The van der Waals surface area contributed by atoms with Crippen LogP contribution in [-0.4, -0.2) is 25.2 Å². The van der Waals surface area contributed by atoms with Crippen molar-refractivity contribution in [3.63, 3.8) is 0 Å². The molecule has 5 nitrogen and oxygen atoms in total. The monoisotopic (exact) mass is 405 g/mol. The summed E-state index contributed by atoms with van der Waals surface area (Å²) in [6.45, 7) is 7.53. The predicted molar refractivity (Wildman–Crippen MR) is 112 cm³/mol. The Morgan fingerprint density at radius 1 is 1.23 bits per heavy atom. The van der Waals surface area contributed by atoms with Crippen molar-refractivity contribution in [3.8, 4) is 5.69 Å². The van der Waals surface area contributed by atoms with Crippen molar-refractivity contribution in [3.05, 3.63) is 96.3 Å². The summed E-state index contributed by atoms with van der Waals surface area (Å²) in [5.74, 6) is -0.950. The van der Waals surface area contributed by atoms with Crippen molar-refractivity contribution in [2.45, 2.75) is 26.2 Å². The van der Waals surface area contributed by atoms with Crippen LogP contribution >= 0.6 is 0 Å². The van der Waals surface area contributed by atoms with Gasteiger partial charge in [-0.3, -0.25) is 4.99 Å². The van der Waals surface area contributed by atoms with E-state index < -0.39 is 11.6 Å². The summed E-state index contributed by atoms with van der Waals surface area (Å²) in [5, 5.41) is 0. The number of allylic oxidation sites excluding steroid dienone is 2. The van der Waals surface area contributed by atoms with Gasteiger partial charge in [0, 0.05) is 24.8 Å². The molecule has 2 unspecified atom stereocenters. The summed E-state index contributed by atoms with van der Waals surface area (Å²) in [5.41, 5.74) is 3.28. The maximum absolute atomic E-state index is 14.4. The molecule has 0 amide bonds. The normalized spacial score (nSPS) is 19.1. The van der Waals surface area contributed by atoms with Gasteiger partial charge in [0.05, 0.1) is 23.4 Å². The molecule has 1 aromatic carbocycles.